The van der Waals surface area contributed by atoms with E-state index in [0.29, 0.717) is 26.4 Å². The summed E-state index contributed by atoms with van der Waals surface area (Å²) in [5.41, 5.74) is 0. The third-order valence-electron chi connectivity index (χ3n) is 1.38. The molecule has 0 aliphatic rings. The van der Waals surface area contributed by atoms with E-state index in [1.165, 1.54) is 0 Å². The lowest BCUT2D eigenvalue weighted by atomic mass is 10.4. The molecule has 0 aromatic carbocycles. The zero-order valence-electron chi connectivity index (χ0n) is 7.91. The van der Waals surface area contributed by atoms with Crippen LogP contribution < -0.4 is 0 Å². The Morgan fingerprint density at radius 1 is 1.31 bits per heavy atom. The molecule has 1 atom stereocenters. The minimum absolute atomic E-state index is 0. The maximum atomic E-state index is 5.21. The Morgan fingerprint density at radius 3 is 2.38 bits per heavy atom. The summed E-state index contributed by atoms with van der Waals surface area (Å²) >= 11 is 0. The monoisotopic (exact) mass is 190 g/mol. The lowest BCUT2D eigenvalue weighted by Crippen LogP contribution is -2.24. The zero-order chi connectivity index (χ0) is 9.23. The molecule has 3 heteroatoms. The summed E-state index contributed by atoms with van der Waals surface area (Å²) in [6.07, 6.45) is 1.75. The van der Waals surface area contributed by atoms with E-state index in [4.69, 9.17) is 14.2 Å². The van der Waals surface area contributed by atoms with Crippen molar-refractivity contribution in [3.8, 4) is 0 Å². The van der Waals surface area contributed by atoms with E-state index in [1.54, 1.807) is 13.2 Å². The summed E-state index contributed by atoms with van der Waals surface area (Å²) in [5.74, 6) is 0. The topological polar surface area (TPSA) is 27.7 Å². The Kier molecular flexibility index (Phi) is 13.5. The van der Waals surface area contributed by atoms with Crippen molar-refractivity contribution < 1.29 is 14.2 Å². The molecular weight excluding hydrogens is 168 g/mol. The molecule has 0 rings (SSSR count). The quantitative estimate of drug-likeness (QED) is 0.432. The fraction of sp³-hybridized carbons (Fsp3) is 0.800. The van der Waals surface area contributed by atoms with Crippen molar-refractivity contribution in [2.45, 2.75) is 20.5 Å². The number of hydrogen-bond acceptors (Lipinski definition) is 3. The van der Waals surface area contributed by atoms with Crippen LogP contribution in [0.15, 0.2) is 12.7 Å². The van der Waals surface area contributed by atoms with Crippen LogP contribution in [0.4, 0.5) is 0 Å². The predicted molar refractivity (Wildman–Crippen MR) is 55.0 cm³/mol. The van der Waals surface area contributed by atoms with Crippen LogP contribution in [0.2, 0.25) is 0 Å². The van der Waals surface area contributed by atoms with Crippen LogP contribution in [0, 0.1) is 0 Å². The van der Waals surface area contributed by atoms with E-state index < -0.39 is 0 Å². The van der Waals surface area contributed by atoms with Crippen LogP contribution in [0.5, 0.6) is 0 Å². The normalized spacial score (nSPS) is 11.8. The van der Waals surface area contributed by atoms with Gasteiger partial charge in [0, 0.05) is 13.7 Å². The van der Waals surface area contributed by atoms with Gasteiger partial charge in [-0.1, -0.05) is 13.5 Å². The van der Waals surface area contributed by atoms with Gasteiger partial charge in [0.25, 0.3) is 0 Å². The zero-order valence-corrected chi connectivity index (χ0v) is 7.91. The van der Waals surface area contributed by atoms with Crippen molar-refractivity contribution >= 4 is 0 Å². The fourth-order valence-corrected chi connectivity index (χ4v) is 0.716. The van der Waals surface area contributed by atoms with Crippen molar-refractivity contribution in [2.75, 3.05) is 33.5 Å². The van der Waals surface area contributed by atoms with Gasteiger partial charge in [0.1, 0.15) is 6.10 Å². The van der Waals surface area contributed by atoms with E-state index in [-0.39, 0.29) is 13.5 Å². The van der Waals surface area contributed by atoms with Crippen LogP contribution in [0.1, 0.15) is 14.4 Å². The van der Waals surface area contributed by atoms with Gasteiger partial charge in [0.2, 0.25) is 0 Å². The second kappa shape index (κ2) is 11.6. The highest BCUT2D eigenvalue weighted by Crippen LogP contribution is 1.93. The van der Waals surface area contributed by atoms with Gasteiger partial charge in [0.05, 0.1) is 19.8 Å². The third kappa shape index (κ3) is 9.53. The molecule has 0 N–H and O–H groups in total. The molecule has 0 radical (unpaired) electrons. The first-order valence-electron chi connectivity index (χ1n) is 4.14. The summed E-state index contributed by atoms with van der Waals surface area (Å²) in [4.78, 5) is 0. The van der Waals surface area contributed by atoms with Gasteiger partial charge in [0.15, 0.2) is 0 Å². The SMILES string of the molecule is C.C=CCOCC(COCC)OC. The molecule has 0 aromatic heterocycles. The number of rotatable bonds is 8. The maximum absolute atomic E-state index is 5.21. The number of methoxy groups -OCH3 is 1. The van der Waals surface area contributed by atoms with E-state index in [2.05, 4.69) is 6.58 Å². The van der Waals surface area contributed by atoms with Crippen molar-refractivity contribution in [1.29, 1.82) is 0 Å². The molecule has 80 valence electrons. The minimum atomic E-state index is 0. The summed E-state index contributed by atoms with van der Waals surface area (Å²) in [6, 6.07) is 0. The lowest BCUT2D eigenvalue weighted by Gasteiger charge is -2.14. The molecule has 0 aliphatic heterocycles. The molecule has 0 saturated carbocycles. The number of hydrogen-bond donors (Lipinski definition) is 0. The summed E-state index contributed by atoms with van der Waals surface area (Å²) in [7, 11) is 1.65. The van der Waals surface area contributed by atoms with E-state index in [0.717, 1.165) is 0 Å². The van der Waals surface area contributed by atoms with Gasteiger partial charge < -0.3 is 14.2 Å². The Hall–Kier alpha value is -0.380. The van der Waals surface area contributed by atoms with Crippen LogP contribution in [-0.4, -0.2) is 39.6 Å². The van der Waals surface area contributed by atoms with E-state index >= 15 is 0 Å². The molecule has 0 fully saturated rings. The molecule has 0 aromatic rings. The Morgan fingerprint density at radius 2 is 1.92 bits per heavy atom. The summed E-state index contributed by atoms with van der Waals surface area (Å²) in [5, 5.41) is 0. The van der Waals surface area contributed by atoms with Gasteiger partial charge in [-0.05, 0) is 6.92 Å². The van der Waals surface area contributed by atoms with Crippen LogP contribution in [0.25, 0.3) is 0 Å². The smallest absolute Gasteiger partial charge is 0.104 e. The number of ether oxygens (including phenoxy) is 3. The van der Waals surface area contributed by atoms with E-state index in [1.807, 2.05) is 6.92 Å². The highest BCUT2D eigenvalue weighted by Gasteiger charge is 2.05. The fourth-order valence-electron chi connectivity index (χ4n) is 0.716. The van der Waals surface area contributed by atoms with Crippen LogP contribution in [-0.2, 0) is 14.2 Å². The molecule has 3 nitrogen and oxygen atoms in total. The minimum Gasteiger partial charge on any atom is -0.379 e. The standard InChI is InChI=1S/C9H18O3.CH4/c1-4-6-12-8-9(10-3)7-11-5-2;/h4,9H,1,5-8H2,2-3H3;1H4. The van der Waals surface area contributed by atoms with Crippen LogP contribution in [0.3, 0.4) is 0 Å². The molecule has 0 amide bonds. The van der Waals surface area contributed by atoms with Gasteiger partial charge in [-0.3, -0.25) is 0 Å². The third-order valence-corrected chi connectivity index (χ3v) is 1.38. The van der Waals surface area contributed by atoms with Crippen molar-refractivity contribution in [3.05, 3.63) is 12.7 Å². The molecule has 13 heavy (non-hydrogen) atoms. The largest absolute Gasteiger partial charge is 0.379 e. The predicted octanol–water partition coefficient (Wildman–Crippen LogP) is 1.88. The highest BCUT2D eigenvalue weighted by molar-refractivity contribution is 4.65. The molecule has 0 spiro atoms. The first-order chi connectivity index (χ1) is 5.85. The molecule has 0 heterocycles. The average Bonchev–Trinajstić information content (AvgIpc) is 2.11. The Labute approximate surface area is 81.7 Å². The lowest BCUT2D eigenvalue weighted by molar-refractivity contribution is -0.0336. The first kappa shape index (κ1) is 15.1. The van der Waals surface area contributed by atoms with Gasteiger partial charge in [-0.2, -0.15) is 0 Å². The van der Waals surface area contributed by atoms with Gasteiger partial charge in [-0.15, -0.1) is 6.58 Å². The average molecular weight is 190 g/mol. The summed E-state index contributed by atoms with van der Waals surface area (Å²) in [6.45, 7) is 7.92. The summed E-state index contributed by atoms with van der Waals surface area (Å²) < 4.78 is 15.5. The van der Waals surface area contributed by atoms with Crippen molar-refractivity contribution in [3.63, 3.8) is 0 Å². The van der Waals surface area contributed by atoms with Crippen molar-refractivity contribution in [1.82, 2.24) is 0 Å². The molecule has 0 bridgehead atoms. The maximum Gasteiger partial charge on any atom is 0.104 e. The van der Waals surface area contributed by atoms with Crippen molar-refractivity contribution in [2.24, 2.45) is 0 Å². The Bertz CT molecular complexity index is 104. The first-order valence-corrected chi connectivity index (χ1v) is 4.14. The molecule has 0 aliphatic carbocycles. The van der Waals surface area contributed by atoms with Gasteiger partial charge in [-0.25, -0.2) is 0 Å². The molecule has 0 saturated heterocycles. The second-order valence-corrected chi connectivity index (χ2v) is 2.34. The van der Waals surface area contributed by atoms with E-state index in [9.17, 15) is 0 Å². The van der Waals surface area contributed by atoms with Crippen LogP contribution >= 0.6 is 0 Å². The molecule has 1 unspecified atom stereocenters. The van der Waals surface area contributed by atoms with Gasteiger partial charge >= 0.3 is 0 Å². The second-order valence-electron chi connectivity index (χ2n) is 2.34. The Balaban J connectivity index is 0. The highest BCUT2D eigenvalue weighted by atomic mass is 16.6. The molecular formula is C10H22O3.